The van der Waals surface area contributed by atoms with E-state index in [1.165, 1.54) is 45.0 Å². The second kappa shape index (κ2) is 14.3. The molecule has 1 spiro atoms. The Morgan fingerprint density at radius 2 is 1.72 bits per heavy atom. The number of methoxy groups -OCH3 is 2. The van der Waals surface area contributed by atoms with E-state index >= 15 is 0 Å². The largest absolute Gasteiger partial charge is 0.507 e. The summed E-state index contributed by atoms with van der Waals surface area (Å²) in [5.74, 6) is -3.90. The number of hydrogen-bond acceptors (Lipinski definition) is 12. The standard InChI is InChI=1S/C36H37ClN4O12/c1-17-10-21(42)29(33(46)36(17)34(47)30-24(49-4)14-25(50-5)31(37)32(30)53-36)20(18-6-7-22-23(11-18)52-16-51-22)13-27(44)38-9-8-26(43)39-15-19-12-28(45)41(3)35(48)40(19)2/h6-7,11-12,14,17,20,46H,8-10,13,15-16H2,1-5H3,(H,38,44)(H,39,43)/t17-,20?,36+/m1/s1. The first-order valence-electron chi connectivity index (χ1n) is 16.6. The molecule has 2 amide bonds. The van der Waals surface area contributed by atoms with Crippen molar-refractivity contribution in [3.8, 4) is 28.7 Å². The first-order chi connectivity index (χ1) is 25.2. The third-order valence-corrected chi connectivity index (χ3v) is 10.2. The van der Waals surface area contributed by atoms with Crippen molar-refractivity contribution < 1.29 is 48.0 Å². The minimum Gasteiger partial charge on any atom is -0.507 e. The molecule has 16 nitrogen and oxygen atoms in total. The van der Waals surface area contributed by atoms with Crippen molar-refractivity contribution >= 4 is 35.0 Å². The van der Waals surface area contributed by atoms with Crippen LogP contribution in [0.4, 0.5) is 0 Å². The number of aliphatic hydroxyl groups is 1. The van der Waals surface area contributed by atoms with Crippen LogP contribution in [0.1, 0.15) is 53.7 Å². The van der Waals surface area contributed by atoms with Crippen molar-refractivity contribution in [1.82, 2.24) is 19.8 Å². The van der Waals surface area contributed by atoms with Crippen molar-refractivity contribution in [2.75, 3.05) is 27.6 Å². The molecule has 6 rings (SSSR count). The van der Waals surface area contributed by atoms with Crippen LogP contribution < -0.4 is 45.6 Å². The predicted molar refractivity (Wildman–Crippen MR) is 187 cm³/mol. The lowest BCUT2D eigenvalue weighted by atomic mass is 9.69. The number of hydrogen-bond donors (Lipinski definition) is 3. The summed E-state index contributed by atoms with van der Waals surface area (Å²) >= 11 is 6.58. The lowest BCUT2D eigenvalue weighted by molar-refractivity contribution is -0.122. The number of amides is 2. The lowest BCUT2D eigenvalue weighted by Gasteiger charge is -2.38. The number of ether oxygens (including phenoxy) is 5. The molecule has 1 aliphatic carbocycles. The molecule has 0 radical (unpaired) electrons. The van der Waals surface area contributed by atoms with E-state index in [9.17, 15) is 33.9 Å². The molecule has 3 aliphatic rings. The van der Waals surface area contributed by atoms with Gasteiger partial charge in [-0.05, 0) is 17.7 Å². The minimum absolute atomic E-state index is 0.0280. The topological polar surface area (TPSA) is 203 Å². The fraction of sp³-hybridized carbons (Fsp3) is 0.389. The monoisotopic (exact) mass is 752 g/mol. The average Bonchev–Trinajstić information content (AvgIpc) is 3.73. The molecule has 3 atom stereocenters. The van der Waals surface area contributed by atoms with E-state index in [0.717, 1.165) is 4.57 Å². The molecule has 0 bridgehead atoms. The maximum atomic E-state index is 14.3. The molecule has 280 valence electrons. The number of Topliss-reactive ketones (excluding diaryl/α,β-unsaturated/α-hetero) is 2. The zero-order chi connectivity index (χ0) is 38.4. The third kappa shape index (κ3) is 6.36. The van der Waals surface area contributed by atoms with Gasteiger partial charge in [-0.15, -0.1) is 0 Å². The molecule has 3 N–H and O–H groups in total. The highest BCUT2D eigenvalue weighted by atomic mass is 35.5. The Labute approximate surface area is 307 Å². The van der Waals surface area contributed by atoms with Crippen LogP contribution in [0.25, 0.3) is 0 Å². The summed E-state index contributed by atoms with van der Waals surface area (Å²) in [6.07, 6.45) is -0.761. The van der Waals surface area contributed by atoms with Gasteiger partial charge in [0.05, 0.1) is 20.8 Å². The maximum absolute atomic E-state index is 14.3. The van der Waals surface area contributed by atoms with Gasteiger partial charge in [0.25, 0.3) is 5.56 Å². The van der Waals surface area contributed by atoms with Crippen molar-refractivity contribution in [3.63, 3.8) is 0 Å². The zero-order valence-corrected chi connectivity index (χ0v) is 30.3. The van der Waals surface area contributed by atoms with Crippen molar-refractivity contribution in [2.45, 2.75) is 44.2 Å². The SMILES string of the molecule is COc1cc(OC)c2c(c1Cl)O[C@]1(C2=O)C(O)=C(C(CC(=O)NCCC(=O)NCc2cc(=O)n(C)c(=O)n2C)c2ccc3c(c2)OCO3)C(=O)C[C@H]1C. The minimum atomic E-state index is -2.08. The van der Waals surface area contributed by atoms with Gasteiger partial charge in [-0.2, -0.15) is 0 Å². The van der Waals surface area contributed by atoms with Crippen molar-refractivity contribution in [1.29, 1.82) is 0 Å². The first-order valence-corrected chi connectivity index (χ1v) is 16.9. The van der Waals surface area contributed by atoms with Gasteiger partial charge >= 0.3 is 5.69 Å². The van der Waals surface area contributed by atoms with Gasteiger partial charge in [0.15, 0.2) is 28.8 Å². The molecule has 2 aliphatic heterocycles. The molecule has 17 heteroatoms. The fourth-order valence-corrected chi connectivity index (χ4v) is 7.12. The van der Waals surface area contributed by atoms with Gasteiger partial charge in [0, 0.05) is 75.1 Å². The number of aliphatic hydroxyl groups excluding tert-OH is 1. The smallest absolute Gasteiger partial charge is 0.330 e. The van der Waals surface area contributed by atoms with Crippen LogP contribution in [0.5, 0.6) is 28.7 Å². The number of allylic oxidation sites excluding steroid dienone is 1. The predicted octanol–water partition coefficient (Wildman–Crippen LogP) is 2.21. The van der Waals surface area contributed by atoms with Gasteiger partial charge in [-0.25, -0.2) is 4.79 Å². The number of carbonyl (C=O) groups excluding carboxylic acids is 4. The normalized spacial score (nSPS) is 19.2. The number of carbonyl (C=O) groups is 4. The van der Waals surface area contributed by atoms with Crippen LogP contribution >= 0.6 is 11.6 Å². The summed E-state index contributed by atoms with van der Waals surface area (Å²) in [6, 6.07) is 7.49. The number of rotatable bonds is 11. The number of halogens is 1. The Morgan fingerprint density at radius 1 is 1.00 bits per heavy atom. The summed E-state index contributed by atoms with van der Waals surface area (Å²) in [6.45, 7) is 1.36. The van der Waals surface area contributed by atoms with Gasteiger partial charge in [-0.1, -0.05) is 24.6 Å². The number of fused-ring (bicyclic) bond motifs is 2. The zero-order valence-electron chi connectivity index (χ0n) is 29.5. The van der Waals surface area contributed by atoms with Gasteiger partial charge in [0.1, 0.15) is 22.1 Å². The molecule has 0 saturated heterocycles. The molecule has 3 heterocycles. The number of aromatic nitrogens is 2. The quantitative estimate of drug-likeness (QED) is 0.258. The first kappa shape index (κ1) is 37.0. The lowest BCUT2D eigenvalue weighted by Crippen LogP contribution is -2.53. The van der Waals surface area contributed by atoms with E-state index in [0.29, 0.717) is 22.8 Å². The van der Waals surface area contributed by atoms with Crippen LogP contribution in [-0.4, -0.2) is 70.8 Å². The van der Waals surface area contributed by atoms with Crippen LogP contribution in [0.15, 0.2) is 51.3 Å². The second-order valence-electron chi connectivity index (χ2n) is 12.9. The molecule has 2 aromatic carbocycles. The highest BCUT2D eigenvalue weighted by molar-refractivity contribution is 6.35. The van der Waals surface area contributed by atoms with Crippen molar-refractivity contribution in [3.05, 3.63) is 84.3 Å². The van der Waals surface area contributed by atoms with E-state index in [-0.39, 0.29) is 72.6 Å². The molecule has 53 heavy (non-hydrogen) atoms. The molecule has 1 unspecified atom stereocenters. The maximum Gasteiger partial charge on any atom is 0.330 e. The van der Waals surface area contributed by atoms with Crippen LogP contribution in [0.2, 0.25) is 5.02 Å². The van der Waals surface area contributed by atoms with Gasteiger partial charge in [-0.3, -0.25) is 33.1 Å². The Bertz CT molecular complexity index is 2210. The van der Waals surface area contributed by atoms with E-state index in [1.54, 1.807) is 25.1 Å². The van der Waals surface area contributed by atoms with Crippen LogP contribution in [-0.2, 0) is 35.0 Å². The highest BCUT2D eigenvalue weighted by Crippen LogP contribution is 2.56. The summed E-state index contributed by atoms with van der Waals surface area (Å²) in [7, 11) is 5.55. The van der Waals surface area contributed by atoms with E-state index in [4.69, 9.17) is 35.3 Å². The van der Waals surface area contributed by atoms with Crippen LogP contribution in [0.3, 0.4) is 0 Å². The summed E-state index contributed by atoms with van der Waals surface area (Å²) in [5, 5.41) is 17.4. The number of benzene rings is 2. The van der Waals surface area contributed by atoms with E-state index in [2.05, 4.69) is 10.6 Å². The van der Waals surface area contributed by atoms with Gasteiger partial charge in [0.2, 0.25) is 30.0 Å². The average molecular weight is 753 g/mol. The summed E-state index contributed by atoms with van der Waals surface area (Å²) in [5.41, 5.74) is -2.67. The van der Waals surface area contributed by atoms with Gasteiger partial charge < -0.3 is 39.4 Å². The van der Waals surface area contributed by atoms with E-state index < -0.39 is 57.8 Å². The number of nitrogens with one attached hydrogen (secondary N) is 2. The second-order valence-corrected chi connectivity index (χ2v) is 13.3. The Balaban J connectivity index is 1.27. The molecule has 1 aromatic heterocycles. The summed E-state index contributed by atoms with van der Waals surface area (Å²) in [4.78, 5) is 78.6. The molecule has 0 saturated carbocycles. The molecule has 0 fully saturated rings. The number of nitrogens with zero attached hydrogens (tertiary/aromatic N) is 2. The highest BCUT2D eigenvalue weighted by Gasteiger charge is 2.61. The number of ketones is 2. The Morgan fingerprint density at radius 3 is 2.43 bits per heavy atom. The molecular weight excluding hydrogens is 716 g/mol. The molecular formula is C36H37ClN4O12. The fourth-order valence-electron chi connectivity index (χ4n) is 6.85. The Kier molecular flexibility index (Phi) is 10.0. The van der Waals surface area contributed by atoms with Crippen LogP contribution in [0, 0.1) is 5.92 Å². The molecule has 3 aromatic rings. The Hall–Kier alpha value is -5.77. The van der Waals surface area contributed by atoms with Crippen molar-refractivity contribution in [2.24, 2.45) is 20.0 Å². The van der Waals surface area contributed by atoms with E-state index in [1.807, 2.05) is 0 Å². The summed E-state index contributed by atoms with van der Waals surface area (Å²) < 4.78 is 30.3. The third-order valence-electron chi connectivity index (χ3n) is 9.81.